The smallest absolute Gasteiger partial charge is 0.238 e. The van der Waals surface area contributed by atoms with Crippen LogP contribution in [0.5, 0.6) is 0 Å². The molecule has 1 aliphatic heterocycles. The Kier molecular flexibility index (Phi) is 5.45. The van der Waals surface area contributed by atoms with E-state index < -0.39 is 11.3 Å². The van der Waals surface area contributed by atoms with Crippen molar-refractivity contribution in [2.45, 2.75) is 20.3 Å². The lowest BCUT2D eigenvalue weighted by molar-refractivity contribution is 0.310. The largest absolute Gasteiger partial charge is 0.308 e. The molecule has 0 fully saturated rings. The average Bonchev–Trinajstić information content (AvgIpc) is 2.20. The molecule has 56 valence electrons. The SMILES string of the molecule is CCC.O=S1N=CNO1.[HH]. The lowest BCUT2D eigenvalue weighted by Gasteiger charge is -1.77. The molecule has 9 heavy (non-hydrogen) atoms. The van der Waals surface area contributed by atoms with Gasteiger partial charge >= 0.3 is 11.3 Å². The number of nitrogens with one attached hydrogen (secondary N) is 1. The van der Waals surface area contributed by atoms with Gasteiger partial charge in [0.1, 0.15) is 6.34 Å². The normalized spacial score (nSPS) is 22.2. The van der Waals surface area contributed by atoms with Crippen molar-refractivity contribution in [1.82, 2.24) is 5.48 Å². The van der Waals surface area contributed by atoms with Crippen LogP contribution in [0.2, 0.25) is 0 Å². The molecule has 4 nitrogen and oxygen atoms in total. The fraction of sp³-hybridized carbons (Fsp3) is 0.750. The van der Waals surface area contributed by atoms with E-state index >= 15 is 0 Å². The molecule has 1 atom stereocenters. The summed E-state index contributed by atoms with van der Waals surface area (Å²) in [5, 5.41) is 0. The Bertz CT molecular complexity index is 120. The lowest BCUT2D eigenvalue weighted by Crippen LogP contribution is -2.02. The van der Waals surface area contributed by atoms with Gasteiger partial charge in [0.05, 0.1) is 0 Å². The summed E-state index contributed by atoms with van der Waals surface area (Å²) in [4.78, 5) is 0. The Hall–Kier alpha value is -0.420. The Morgan fingerprint density at radius 3 is 2.56 bits per heavy atom. The summed E-state index contributed by atoms with van der Waals surface area (Å²) in [6.07, 6.45) is 2.48. The molecular formula is C4H12N2O2S. The first kappa shape index (κ1) is 8.58. The third-order valence-corrected chi connectivity index (χ3v) is 0.827. The molecule has 1 rings (SSSR count). The van der Waals surface area contributed by atoms with Crippen LogP contribution in [-0.2, 0) is 15.6 Å². The molecule has 0 aliphatic carbocycles. The van der Waals surface area contributed by atoms with Gasteiger partial charge < -0.3 is 0 Å². The number of hydrogen-bond donors (Lipinski definition) is 1. The molecule has 1 aliphatic rings. The van der Waals surface area contributed by atoms with Crippen molar-refractivity contribution in [3.63, 3.8) is 0 Å². The maximum atomic E-state index is 9.87. The molecule has 1 N–H and O–H groups in total. The van der Waals surface area contributed by atoms with Gasteiger partial charge in [-0.1, -0.05) is 20.3 Å². The van der Waals surface area contributed by atoms with Gasteiger partial charge in [0, 0.05) is 1.43 Å². The first-order valence-electron chi connectivity index (χ1n) is 2.68. The van der Waals surface area contributed by atoms with E-state index in [2.05, 4.69) is 28.0 Å². The van der Waals surface area contributed by atoms with Crippen molar-refractivity contribution in [1.29, 1.82) is 0 Å². The summed E-state index contributed by atoms with van der Waals surface area (Å²) < 4.78 is 17.3. The standard InChI is InChI=1S/C3H8.CH2N2O2S.H2/c1-3-2;4-6-3-1-2-5-6;/h3H2,1-2H3;1H,(H,2,3);1H. The minimum atomic E-state index is -1.46. The topological polar surface area (TPSA) is 50.7 Å². The van der Waals surface area contributed by atoms with Crippen LogP contribution >= 0.6 is 0 Å². The quantitative estimate of drug-likeness (QED) is 0.558. The minimum absolute atomic E-state index is 0. The summed E-state index contributed by atoms with van der Waals surface area (Å²) in [6.45, 7) is 4.25. The van der Waals surface area contributed by atoms with Crippen molar-refractivity contribution in [2.75, 3.05) is 0 Å². The van der Waals surface area contributed by atoms with Crippen molar-refractivity contribution < 1.29 is 9.92 Å². The maximum Gasteiger partial charge on any atom is 0.308 e. The molecule has 1 heterocycles. The third kappa shape index (κ3) is 5.45. The van der Waals surface area contributed by atoms with E-state index in [1.807, 2.05) is 0 Å². The molecule has 0 amide bonds. The summed E-state index contributed by atoms with van der Waals surface area (Å²) >= 11 is -1.46. The van der Waals surface area contributed by atoms with Crippen LogP contribution < -0.4 is 5.48 Å². The number of rotatable bonds is 0. The molecule has 0 spiro atoms. The molecule has 0 bridgehead atoms. The van der Waals surface area contributed by atoms with Gasteiger partial charge in [-0.25, -0.2) is 9.69 Å². The number of hydrogen-bond acceptors (Lipinski definition) is 3. The Balaban J connectivity index is 0. The van der Waals surface area contributed by atoms with Crippen LogP contribution in [0.4, 0.5) is 0 Å². The molecule has 0 aromatic carbocycles. The van der Waals surface area contributed by atoms with Crippen molar-refractivity contribution in [3.05, 3.63) is 0 Å². The first-order valence-corrected chi connectivity index (χ1v) is 3.71. The molecular weight excluding hydrogens is 140 g/mol. The lowest BCUT2D eigenvalue weighted by atomic mass is 10.6. The molecule has 0 radical (unpaired) electrons. The molecule has 0 aromatic heterocycles. The molecule has 0 aromatic rings. The summed E-state index contributed by atoms with van der Waals surface area (Å²) in [6, 6.07) is 0. The highest BCUT2D eigenvalue weighted by atomic mass is 32.2. The van der Waals surface area contributed by atoms with Crippen LogP contribution in [0.15, 0.2) is 4.40 Å². The van der Waals surface area contributed by atoms with E-state index in [1.54, 1.807) is 0 Å². The second-order valence-electron chi connectivity index (χ2n) is 1.36. The fourth-order valence-electron chi connectivity index (χ4n) is 0.149. The van der Waals surface area contributed by atoms with Gasteiger partial charge in [0.2, 0.25) is 0 Å². The fourth-order valence-corrected chi connectivity index (χ4v) is 0.446. The maximum absolute atomic E-state index is 9.87. The van der Waals surface area contributed by atoms with E-state index in [0.717, 1.165) is 0 Å². The summed E-state index contributed by atoms with van der Waals surface area (Å²) in [5.74, 6) is 0. The highest BCUT2D eigenvalue weighted by Crippen LogP contribution is 1.84. The Morgan fingerprint density at radius 1 is 1.89 bits per heavy atom. The van der Waals surface area contributed by atoms with Gasteiger partial charge in [-0.3, -0.25) is 0 Å². The first-order chi connectivity index (χ1) is 4.31. The van der Waals surface area contributed by atoms with Crippen molar-refractivity contribution in [3.8, 4) is 0 Å². The zero-order chi connectivity index (χ0) is 7.11. The molecule has 5 heteroatoms. The number of hydroxylamine groups is 1. The highest BCUT2D eigenvalue weighted by Gasteiger charge is 1.97. The van der Waals surface area contributed by atoms with E-state index in [4.69, 9.17) is 0 Å². The second-order valence-corrected chi connectivity index (χ2v) is 2.17. The molecule has 0 saturated carbocycles. The summed E-state index contributed by atoms with van der Waals surface area (Å²) in [5.41, 5.74) is 2.18. The summed E-state index contributed by atoms with van der Waals surface area (Å²) in [7, 11) is 0. The minimum Gasteiger partial charge on any atom is -0.238 e. The van der Waals surface area contributed by atoms with Crippen LogP contribution in [0, 0.1) is 0 Å². The number of nitrogens with zero attached hydrogens (tertiary/aromatic N) is 1. The highest BCUT2D eigenvalue weighted by molar-refractivity contribution is 7.79. The third-order valence-electron chi connectivity index (χ3n) is 0.311. The van der Waals surface area contributed by atoms with E-state index in [-0.39, 0.29) is 1.43 Å². The van der Waals surface area contributed by atoms with Crippen LogP contribution in [0.3, 0.4) is 0 Å². The predicted octanol–water partition coefficient (Wildman–Crippen LogP) is 0.790. The van der Waals surface area contributed by atoms with E-state index in [1.165, 1.54) is 12.8 Å². The Labute approximate surface area is 58.6 Å². The van der Waals surface area contributed by atoms with E-state index in [0.29, 0.717) is 0 Å². The molecule has 0 saturated heterocycles. The van der Waals surface area contributed by atoms with E-state index in [9.17, 15) is 4.21 Å². The Morgan fingerprint density at radius 2 is 2.44 bits per heavy atom. The van der Waals surface area contributed by atoms with Gasteiger partial charge in [-0.05, 0) is 0 Å². The van der Waals surface area contributed by atoms with Crippen molar-refractivity contribution in [2.24, 2.45) is 4.40 Å². The monoisotopic (exact) mass is 152 g/mol. The van der Waals surface area contributed by atoms with Gasteiger partial charge in [-0.2, -0.15) is 4.28 Å². The second kappa shape index (κ2) is 5.71. The molecule has 1 unspecified atom stereocenters. The van der Waals surface area contributed by atoms with Crippen LogP contribution in [0.1, 0.15) is 21.7 Å². The average molecular weight is 152 g/mol. The predicted molar refractivity (Wildman–Crippen MR) is 38.9 cm³/mol. The van der Waals surface area contributed by atoms with Gasteiger partial charge in [0.15, 0.2) is 0 Å². The van der Waals surface area contributed by atoms with Gasteiger partial charge in [0.25, 0.3) is 0 Å². The zero-order valence-electron chi connectivity index (χ0n) is 5.46. The van der Waals surface area contributed by atoms with Gasteiger partial charge in [-0.15, -0.1) is 4.40 Å². The zero-order valence-corrected chi connectivity index (χ0v) is 6.27. The van der Waals surface area contributed by atoms with Crippen LogP contribution in [0.25, 0.3) is 0 Å². The van der Waals surface area contributed by atoms with Crippen LogP contribution in [-0.4, -0.2) is 10.5 Å². The van der Waals surface area contributed by atoms with Crippen molar-refractivity contribution >= 4 is 17.6 Å².